The van der Waals surface area contributed by atoms with Crippen LogP contribution in [0.3, 0.4) is 0 Å². The molecule has 1 aromatic heterocycles. The highest BCUT2D eigenvalue weighted by molar-refractivity contribution is 6.33. The van der Waals surface area contributed by atoms with Crippen molar-refractivity contribution in [2.24, 2.45) is 0 Å². The van der Waals surface area contributed by atoms with E-state index in [0.717, 1.165) is 16.6 Å². The second kappa shape index (κ2) is 14.5. The summed E-state index contributed by atoms with van der Waals surface area (Å²) in [5, 5.41) is 8.28. The van der Waals surface area contributed by atoms with Crippen LogP contribution in [0.4, 0.5) is 19.1 Å². The van der Waals surface area contributed by atoms with Crippen LogP contribution in [-0.2, 0) is 23.9 Å². The van der Waals surface area contributed by atoms with Gasteiger partial charge in [-0.2, -0.15) is 13.2 Å². The van der Waals surface area contributed by atoms with Gasteiger partial charge in [-0.1, -0.05) is 66.2 Å². The molecule has 0 saturated carbocycles. The van der Waals surface area contributed by atoms with Crippen LogP contribution in [0.1, 0.15) is 30.9 Å². The normalized spacial score (nSPS) is 11.9. The number of hydrogen-bond donors (Lipinski definition) is 4. The minimum Gasteiger partial charge on any atom is -0.386 e. The number of ether oxygens (including phenoxy) is 1. The van der Waals surface area contributed by atoms with Gasteiger partial charge in [-0.3, -0.25) is 14.4 Å². The summed E-state index contributed by atoms with van der Waals surface area (Å²) in [4.78, 5) is 55.8. The van der Waals surface area contributed by atoms with Crippen molar-refractivity contribution in [2.75, 3.05) is 18.4 Å². The molecule has 44 heavy (non-hydrogen) atoms. The fraction of sp³-hybridized carbons (Fsp3) is 0.233. The number of alkyl halides is 3. The minimum atomic E-state index is -5.37. The van der Waals surface area contributed by atoms with Crippen molar-refractivity contribution in [3.63, 3.8) is 0 Å². The molecule has 0 fully saturated rings. The van der Waals surface area contributed by atoms with Crippen LogP contribution in [0, 0.1) is 0 Å². The van der Waals surface area contributed by atoms with E-state index in [1.807, 2.05) is 54.6 Å². The summed E-state index contributed by atoms with van der Waals surface area (Å²) in [6, 6.07) is 19.9. The first kappa shape index (κ1) is 32.0. The Kier molecular flexibility index (Phi) is 10.6. The number of carbonyl (C=O) groups is 4. The minimum absolute atomic E-state index is 0.0897. The standard InChI is InChI=1S/C30H27ClF3N5O5/c31-21-15-19(12-13-20(21)18-7-2-1-3-8-18)24(16-27(42)44-28(43)30(32,33)34)37-26(41)17-36-25(40)11-6-14-35-29-38-22-9-4-5-10-23(22)39-29/h1-5,7-10,12-13,15,24H,6,11,14,16-17H2,(H,36,40)(H,37,41)(H2,35,38,39). The number of fused-ring (bicyclic) bond motifs is 1. The average Bonchev–Trinajstić information content (AvgIpc) is 3.41. The Hall–Kier alpha value is -4.91. The average molecular weight is 630 g/mol. The number of anilines is 1. The number of benzene rings is 3. The zero-order chi connectivity index (χ0) is 31.7. The zero-order valence-corrected chi connectivity index (χ0v) is 23.8. The highest BCUT2D eigenvalue weighted by Gasteiger charge is 2.42. The third-order valence-electron chi connectivity index (χ3n) is 6.33. The predicted octanol–water partition coefficient (Wildman–Crippen LogP) is 5.07. The maximum atomic E-state index is 12.7. The summed E-state index contributed by atoms with van der Waals surface area (Å²) in [5.41, 5.74) is 3.36. The molecule has 1 atom stereocenters. The largest absolute Gasteiger partial charge is 0.491 e. The lowest BCUT2D eigenvalue weighted by atomic mass is 9.99. The van der Waals surface area contributed by atoms with E-state index >= 15 is 0 Å². The number of imidazole rings is 1. The molecule has 4 aromatic rings. The quantitative estimate of drug-likeness (QED) is 0.0974. The van der Waals surface area contributed by atoms with Crippen LogP contribution < -0.4 is 16.0 Å². The first-order valence-corrected chi connectivity index (χ1v) is 13.8. The Balaban J connectivity index is 1.33. The van der Waals surface area contributed by atoms with Gasteiger partial charge >= 0.3 is 18.1 Å². The Morgan fingerprint density at radius 3 is 2.39 bits per heavy atom. The summed E-state index contributed by atoms with van der Waals surface area (Å²) in [7, 11) is 0. The number of para-hydroxylation sites is 2. The lowest BCUT2D eigenvalue weighted by molar-refractivity contribution is -0.202. The molecule has 0 aliphatic carbocycles. The Morgan fingerprint density at radius 1 is 0.955 bits per heavy atom. The summed E-state index contributed by atoms with van der Waals surface area (Å²) < 4.78 is 41.7. The molecule has 10 nitrogen and oxygen atoms in total. The highest BCUT2D eigenvalue weighted by atomic mass is 35.5. The Labute approximate surface area is 254 Å². The SMILES string of the molecule is O=C(CCCNc1nc2ccccc2[nH]1)NCC(=O)NC(CC(=O)OC(=O)C(F)(F)F)c1ccc(-c2ccccc2)c(Cl)c1. The summed E-state index contributed by atoms with van der Waals surface area (Å²) in [6.07, 6.45) is -5.66. The van der Waals surface area contributed by atoms with Crippen molar-refractivity contribution in [2.45, 2.75) is 31.5 Å². The van der Waals surface area contributed by atoms with E-state index in [1.54, 1.807) is 6.07 Å². The number of aromatic amines is 1. The molecule has 0 aliphatic rings. The van der Waals surface area contributed by atoms with Crippen molar-refractivity contribution < 1.29 is 37.1 Å². The van der Waals surface area contributed by atoms with Gasteiger partial charge < -0.3 is 25.7 Å². The lowest BCUT2D eigenvalue weighted by Crippen LogP contribution is -2.39. The number of esters is 2. The molecule has 230 valence electrons. The second-order valence-corrected chi connectivity index (χ2v) is 10.0. The maximum Gasteiger partial charge on any atom is 0.491 e. The zero-order valence-electron chi connectivity index (χ0n) is 23.0. The second-order valence-electron chi connectivity index (χ2n) is 9.60. The molecule has 1 unspecified atom stereocenters. The number of halogens is 4. The Bertz CT molecular complexity index is 1610. The molecular formula is C30H27ClF3N5O5. The molecule has 0 radical (unpaired) electrons. The monoisotopic (exact) mass is 629 g/mol. The molecular weight excluding hydrogens is 603 g/mol. The fourth-order valence-corrected chi connectivity index (χ4v) is 4.52. The smallest absolute Gasteiger partial charge is 0.386 e. The van der Waals surface area contributed by atoms with Crippen LogP contribution in [0.2, 0.25) is 5.02 Å². The van der Waals surface area contributed by atoms with Crippen LogP contribution in [-0.4, -0.2) is 53.0 Å². The van der Waals surface area contributed by atoms with Crippen molar-refractivity contribution in [1.82, 2.24) is 20.6 Å². The van der Waals surface area contributed by atoms with Gasteiger partial charge in [-0.15, -0.1) is 0 Å². The van der Waals surface area contributed by atoms with E-state index in [2.05, 4.69) is 30.7 Å². The van der Waals surface area contributed by atoms with Crippen molar-refractivity contribution in [3.8, 4) is 11.1 Å². The Morgan fingerprint density at radius 2 is 1.68 bits per heavy atom. The number of hydrogen-bond acceptors (Lipinski definition) is 7. The first-order valence-electron chi connectivity index (χ1n) is 13.4. The third kappa shape index (κ3) is 9.04. The van der Waals surface area contributed by atoms with Crippen LogP contribution in [0.15, 0.2) is 72.8 Å². The molecule has 4 rings (SSSR count). The molecule has 0 aliphatic heterocycles. The molecule has 2 amide bonds. The van der Waals surface area contributed by atoms with E-state index in [9.17, 15) is 32.3 Å². The first-order chi connectivity index (χ1) is 21.0. The molecule has 1 heterocycles. The third-order valence-corrected chi connectivity index (χ3v) is 6.65. The van der Waals surface area contributed by atoms with Gasteiger partial charge in [0.25, 0.3) is 0 Å². The van der Waals surface area contributed by atoms with Gasteiger partial charge in [0.15, 0.2) is 0 Å². The summed E-state index contributed by atoms with van der Waals surface area (Å²) >= 11 is 6.45. The van der Waals surface area contributed by atoms with Crippen molar-refractivity contribution in [1.29, 1.82) is 0 Å². The number of nitrogens with one attached hydrogen (secondary N) is 4. The van der Waals surface area contributed by atoms with Gasteiger partial charge in [-0.25, -0.2) is 9.78 Å². The fourth-order valence-electron chi connectivity index (χ4n) is 4.23. The van der Waals surface area contributed by atoms with Gasteiger partial charge in [0, 0.05) is 23.6 Å². The van der Waals surface area contributed by atoms with Crippen molar-refractivity contribution in [3.05, 3.63) is 83.4 Å². The molecule has 0 bridgehead atoms. The van der Waals surface area contributed by atoms with Crippen LogP contribution in [0.5, 0.6) is 0 Å². The summed E-state index contributed by atoms with van der Waals surface area (Å²) in [6.45, 7) is -0.0430. The van der Waals surface area contributed by atoms with E-state index in [4.69, 9.17) is 11.6 Å². The number of H-pyrrole nitrogens is 1. The maximum absolute atomic E-state index is 12.7. The van der Waals surface area contributed by atoms with Gasteiger partial charge in [0.05, 0.1) is 30.0 Å². The topological polar surface area (TPSA) is 142 Å². The predicted molar refractivity (Wildman–Crippen MR) is 156 cm³/mol. The number of rotatable bonds is 12. The van der Waals surface area contributed by atoms with Crippen LogP contribution in [0.25, 0.3) is 22.2 Å². The van der Waals surface area contributed by atoms with E-state index in [-0.39, 0.29) is 17.0 Å². The number of nitrogens with zero attached hydrogens (tertiary/aromatic N) is 1. The molecule has 0 spiro atoms. The van der Waals surface area contributed by atoms with Crippen LogP contribution >= 0.6 is 11.6 Å². The van der Waals surface area contributed by atoms with Gasteiger partial charge in [-0.05, 0) is 35.7 Å². The van der Waals surface area contributed by atoms with E-state index in [1.165, 1.54) is 12.1 Å². The molecule has 3 aromatic carbocycles. The number of amides is 2. The molecule has 4 N–H and O–H groups in total. The molecule has 14 heteroatoms. The summed E-state index contributed by atoms with van der Waals surface area (Å²) in [5.74, 6) is -4.78. The molecule has 0 saturated heterocycles. The number of aromatic nitrogens is 2. The van der Waals surface area contributed by atoms with Gasteiger partial charge in [0.1, 0.15) is 0 Å². The van der Waals surface area contributed by atoms with E-state index in [0.29, 0.717) is 24.5 Å². The lowest BCUT2D eigenvalue weighted by Gasteiger charge is -2.20. The van der Waals surface area contributed by atoms with Crippen molar-refractivity contribution >= 4 is 52.3 Å². The number of carbonyl (C=O) groups excluding carboxylic acids is 4. The highest BCUT2D eigenvalue weighted by Crippen LogP contribution is 2.31. The van der Waals surface area contributed by atoms with E-state index < -0.39 is 48.9 Å². The van der Waals surface area contributed by atoms with Gasteiger partial charge in [0.2, 0.25) is 17.8 Å².